The first-order valence-corrected chi connectivity index (χ1v) is 13.4. The largest absolute Gasteiger partial charge is 0.454 e. The first kappa shape index (κ1) is 29.9. The fourth-order valence-corrected chi connectivity index (χ4v) is 4.88. The normalized spacial score (nSPS) is 14.9. The monoisotopic (exact) mass is 566 g/mol. The van der Waals surface area contributed by atoms with Gasteiger partial charge in [0.05, 0.1) is 18.1 Å². The van der Waals surface area contributed by atoms with Gasteiger partial charge in [-0.3, -0.25) is 10.0 Å². The van der Waals surface area contributed by atoms with Crippen LogP contribution in [0.4, 0.5) is 8.78 Å². The number of carbonyl (C=O) groups excluding carboxylic acids is 1. The van der Waals surface area contributed by atoms with E-state index in [1.165, 1.54) is 23.2 Å². The van der Waals surface area contributed by atoms with E-state index in [9.17, 15) is 27.2 Å². The first-order chi connectivity index (χ1) is 18.7. The highest BCUT2D eigenvalue weighted by molar-refractivity contribution is 7.89. The van der Waals surface area contributed by atoms with Gasteiger partial charge in [-0.25, -0.2) is 17.2 Å². The maximum absolute atomic E-state index is 14.7. The van der Waals surface area contributed by atoms with Crippen LogP contribution in [-0.4, -0.2) is 74.3 Å². The zero-order valence-corrected chi connectivity index (χ0v) is 21.6. The summed E-state index contributed by atoms with van der Waals surface area (Å²) >= 11 is 0. The Balaban J connectivity index is 1.81. The predicted octanol–water partition coefficient (Wildman–Crippen LogP) is 1.92. The summed E-state index contributed by atoms with van der Waals surface area (Å²) in [4.78, 5) is 17.7. The van der Waals surface area contributed by atoms with Crippen molar-refractivity contribution in [2.24, 2.45) is 10.7 Å². The van der Waals surface area contributed by atoms with Crippen molar-refractivity contribution in [2.45, 2.75) is 30.2 Å². The second-order valence-electron chi connectivity index (χ2n) is 8.37. The lowest BCUT2D eigenvalue weighted by Gasteiger charge is -2.32. The van der Waals surface area contributed by atoms with E-state index < -0.39 is 38.5 Å². The number of hydrogen-bond acceptors (Lipinski definition) is 9. The SMILES string of the molecule is N#C/N=C(/N1CCOCC1)N(O)C(=O)[C@@H](CCCCN)NS(=O)(=O)c1ccc(Oc2ccc(F)cc2)c(F)c1. The van der Waals surface area contributed by atoms with Crippen molar-refractivity contribution in [3.05, 3.63) is 54.1 Å². The molecule has 1 fully saturated rings. The van der Waals surface area contributed by atoms with Crippen molar-refractivity contribution in [3.8, 4) is 17.7 Å². The van der Waals surface area contributed by atoms with Gasteiger partial charge in [-0.1, -0.05) is 6.42 Å². The van der Waals surface area contributed by atoms with Crippen LogP contribution in [-0.2, 0) is 19.6 Å². The third-order valence-electron chi connectivity index (χ3n) is 5.64. The number of carbonyl (C=O) groups is 1. The average molecular weight is 567 g/mol. The van der Waals surface area contributed by atoms with E-state index in [4.69, 9.17) is 20.5 Å². The molecular weight excluding hydrogens is 538 g/mol. The van der Waals surface area contributed by atoms with Crippen molar-refractivity contribution in [1.29, 1.82) is 5.26 Å². The highest BCUT2D eigenvalue weighted by Gasteiger charge is 2.33. The van der Waals surface area contributed by atoms with E-state index in [1.54, 1.807) is 0 Å². The topological polar surface area (TPSA) is 171 Å². The number of amides is 1. The van der Waals surface area contributed by atoms with E-state index >= 15 is 0 Å². The number of nitriles is 1. The Morgan fingerprint density at radius 1 is 1.23 bits per heavy atom. The molecule has 1 aliphatic rings. The Bertz CT molecular complexity index is 1310. The molecule has 3 rings (SSSR count). The van der Waals surface area contributed by atoms with E-state index in [2.05, 4.69) is 9.71 Å². The van der Waals surface area contributed by atoms with Crippen LogP contribution < -0.4 is 15.2 Å². The minimum absolute atomic E-state index is 0.0521. The van der Waals surface area contributed by atoms with Crippen LogP contribution in [0.15, 0.2) is 52.4 Å². The molecule has 0 saturated carbocycles. The lowest BCUT2D eigenvalue weighted by molar-refractivity contribution is -0.153. The van der Waals surface area contributed by atoms with Crippen LogP contribution in [0.2, 0.25) is 0 Å². The Labute approximate surface area is 224 Å². The third kappa shape index (κ3) is 8.15. The molecule has 0 unspecified atom stereocenters. The van der Waals surface area contributed by atoms with Crippen LogP contribution in [0.3, 0.4) is 0 Å². The molecule has 1 heterocycles. The molecule has 4 N–H and O–H groups in total. The van der Waals surface area contributed by atoms with Crippen LogP contribution >= 0.6 is 0 Å². The zero-order chi connectivity index (χ0) is 28.4. The van der Waals surface area contributed by atoms with E-state index in [0.29, 0.717) is 18.9 Å². The molecule has 0 aromatic heterocycles. The summed E-state index contributed by atoms with van der Waals surface area (Å²) in [6.07, 6.45) is 2.26. The average Bonchev–Trinajstić information content (AvgIpc) is 2.93. The number of unbranched alkanes of at least 4 members (excludes halogenated alkanes) is 1. The van der Waals surface area contributed by atoms with Gasteiger partial charge in [-0.15, -0.1) is 4.99 Å². The number of nitrogens with zero attached hydrogens (tertiary/aromatic N) is 4. The molecule has 0 aliphatic carbocycles. The third-order valence-corrected chi connectivity index (χ3v) is 7.11. The number of aliphatic imine (C=N–C) groups is 1. The molecule has 1 aliphatic heterocycles. The molecule has 0 radical (unpaired) electrons. The Hall–Kier alpha value is -3.68. The second kappa shape index (κ2) is 13.9. The molecule has 1 atom stereocenters. The summed E-state index contributed by atoms with van der Waals surface area (Å²) in [6.45, 7) is 1.29. The molecule has 1 amide bonds. The van der Waals surface area contributed by atoms with Gasteiger partial charge < -0.3 is 20.1 Å². The van der Waals surface area contributed by atoms with Gasteiger partial charge >= 0.3 is 0 Å². The summed E-state index contributed by atoms with van der Waals surface area (Å²) in [7, 11) is -4.48. The van der Waals surface area contributed by atoms with Crippen molar-refractivity contribution in [1.82, 2.24) is 14.7 Å². The lowest BCUT2D eigenvalue weighted by Crippen LogP contribution is -2.55. The smallest absolute Gasteiger partial charge is 0.271 e. The van der Waals surface area contributed by atoms with Gasteiger partial charge in [0.25, 0.3) is 5.91 Å². The number of hydroxylamine groups is 2. The van der Waals surface area contributed by atoms with Crippen molar-refractivity contribution in [2.75, 3.05) is 32.8 Å². The van der Waals surface area contributed by atoms with Gasteiger partial charge in [0.15, 0.2) is 11.6 Å². The summed E-state index contributed by atoms with van der Waals surface area (Å²) in [5.74, 6) is -3.17. The maximum atomic E-state index is 14.7. The molecular formula is C24H28F2N6O6S. The Morgan fingerprint density at radius 2 is 1.92 bits per heavy atom. The fourth-order valence-electron chi connectivity index (χ4n) is 3.65. The molecule has 1 saturated heterocycles. The first-order valence-electron chi connectivity index (χ1n) is 11.9. The standard InChI is InChI=1S/C24H28F2N6O6S/c25-17-4-6-18(7-5-17)38-22-9-8-19(15-20(22)26)39(35,36)30-21(3-1-2-10-27)23(33)32(34)24(29-16-28)31-11-13-37-14-12-31/h4-9,15,21,30,34H,1-3,10-14,27H2/b29-24-/t21-/m1/s1. The molecule has 210 valence electrons. The van der Waals surface area contributed by atoms with Gasteiger partial charge in [-0.2, -0.15) is 15.0 Å². The van der Waals surface area contributed by atoms with Crippen molar-refractivity contribution in [3.63, 3.8) is 0 Å². The second-order valence-corrected chi connectivity index (χ2v) is 10.1. The number of rotatable bonds is 10. The van der Waals surface area contributed by atoms with Crippen molar-refractivity contribution >= 4 is 21.9 Å². The molecule has 2 aromatic carbocycles. The number of morpholine rings is 1. The molecule has 15 heteroatoms. The number of halogens is 2. The number of nitrogens with one attached hydrogen (secondary N) is 1. The number of ether oxygens (including phenoxy) is 2. The maximum Gasteiger partial charge on any atom is 0.271 e. The zero-order valence-electron chi connectivity index (χ0n) is 20.8. The van der Waals surface area contributed by atoms with E-state index in [0.717, 1.165) is 24.3 Å². The summed E-state index contributed by atoms with van der Waals surface area (Å²) in [6, 6.07) is 6.15. The van der Waals surface area contributed by atoms with Gasteiger partial charge in [0, 0.05) is 13.1 Å². The lowest BCUT2D eigenvalue weighted by atomic mass is 10.1. The quantitative estimate of drug-likeness (QED) is 0.0971. The van der Waals surface area contributed by atoms with Gasteiger partial charge in [0.2, 0.25) is 22.2 Å². The predicted molar refractivity (Wildman–Crippen MR) is 134 cm³/mol. The summed E-state index contributed by atoms with van der Waals surface area (Å²) in [5, 5.41) is 19.8. The molecule has 0 bridgehead atoms. The molecule has 39 heavy (non-hydrogen) atoms. The van der Waals surface area contributed by atoms with E-state index in [1.807, 2.05) is 0 Å². The number of guanidine groups is 1. The van der Waals surface area contributed by atoms with Crippen molar-refractivity contribution < 1.29 is 36.7 Å². The Kier molecular flexibility index (Phi) is 10.7. The number of hydrogen-bond donors (Lipinski definition) is 3. The van der Waals surface area contributed by atoms with Crippen LogP contribution in [0, 0.1) is 23.1 Å². The van der Waals surface area contributed by atoms with Gasteiger partial charge in [-0.05, 0) is 61.9 Å². The summed E-state index contributed by atoms with van der Waals surface area (Å²) < 4.78 is 66.8. The molecule has 12 nitrogen and oxygen atoms in total. The van der Waals surface area contributed by atoms with E-state index in [-0.39, 0.29) is 61.8 Å². The minimum Gasteiger partial charge on any atom is -0.454 e. The molecule has 0 spiro atoms. The highest BCUT2D eigenvalue weighted by Crippen LogP contribution is 2.27. The Morgan fingerprint density at radius 3 is 2.54 bits per heavy atom. The number of sulfonamides is 1. The minimum atomic E-state index is -4.48. The van der Waals surface area contributed by atoms with Crippen LogP contribution in [0.25, 0.3) is 0 Å². The van der Waals surface area contributed by atoms with Crippen LogP contribution in [0.1, 0.15) is 19.3 Å². The number of nitrogens with two attached hydrogens (primary N) is 1. The molecule has 2 aromatic rings. The summed E-state index contributed by atoms with van der Waals surface area (Å²) in [5.41, 5.74) is 5.52. The van der Waals surface area contributed by atoms with Crippen LogP contribution in [0.5, 0.6) is 11.5 Å². The number of benzene rings is 2. The fraction of sp³-hybridized carbons (Fsp3) is 0.375. The van der Waals surface area contributed by atoms with Gasteiger partial charge in [0.1, 0.15) is 17.6 Å². The highest BCUT2D eigenvalue weighted by atomic mass is 32.2.